The first-order valence-corrected chi connectivity index (χ1v) is 11.7. The van der Waals surface area contributed by atoms with E-state index in [-0.39, 0.29) is 11.7 Å². The summed E-state index contributed by atoms with van der Waals surface area (Å²) in [4.78, 5) is 21.4. The number of carbonyl (C=O) groups excluding carboxylic acids is 1. The fraction of sp³-hybridized carbons (Fsp3) is 0.250. The van der Waals surface area contributed by atoms with E-state index in [9.17, 15) is 4.79 Å². The molecule has 1 amide bonds. The average molecular weight is 466 g/mol. The van der Waals surface area contributed by atoms with Gasteiger partial charge in [-0.3, -0.25) is 4.79 Å². The number of rotatable bonds is 7. The van der Waals surface area contributed by atoms with Crippen LogP contribution in [0.1, 0.15) is 33.6 Å². The van der Waals surface area contributed by atoms with Gasteiger partial charge in [-0.2, -0.15) is 4.98 Å². The van der Waals surface area contributed by atoms with Crippen LogP contribution in [0.25, 0.3) is 5.78 Å². The molecule has 0 aliphatic rings. The number of carbonyl (C=O) groups is 1. The van der Waals surface area contributed by atoms with Crippen molar-refractivity contribution in [2.24, 2.45) is 0 Å². The van der Waals surface area contributed by atoms with Crippen LogP contribution in [0.4, 0.5) is 0 Å². The van der Waals surface area contributed by atoms with Crippen LogP contribution in [0.15, 0.2) is 53.7 Å². The normalized spacial score (nSPS) is 11.1. The van der Waals surface area contributed by atoms with E-state index < -0.39 is 0 Å². The maximum atomic E-state index is 12.3. The summed E-state index contributed by atoms with van der Waals surface area (Å²) in [7, 11) is 0. The van der Waals surface area contributed by atoms with Crippen LogP contribution < -0.4 is 5.32 Å². The first kappa shape index (κ1) is 22.3. The fourth-order valence-corrected chi connectivity index (χ4v) is 4.28. The third kappa shape index (κ3) is 5.11. The Bertz CT molecular complexity index is 1270. The Morgan fingerprint density at radius 3 is 2.56 bits per heavy atom. The molecule has 32 heavy (non-hydrogen) atoms. The molecule has 4 aromatic rings. The number of amides is 1. The highest BCUT2D eigenvalue weighted by Gasteiger charge is 2.16. The molecule has 0 aliphatic carbocycles. The quantitative estimate of drug-likeness (QED) is 0.400. The number of nitrogens with one attached hydrogen (secondary N) is 1. The van der Waals surface area contributed by atoms with Crippen molar-refractivity contribution in [1.82, 2.24) is 24.9 Å². The summed E-state index contributed by atoms with van der Waals surface area (Å²) >= 11 is 7.65. The standard InChI is InChI=1S/C24H24ClN5OS/c1-15-8-10-18(11-9-15)13-26-22(31)14-32-24-28-23-27-16(2)20(17(3)30(23)29-24)12-19-6-4-5-7-21(19)25/h4-11H,12-14H2,1-3H3,(H,26,31). The third-order valence-electron chi connectivity index (χ3n) is 5.30. The van der Waals surface area contributed by atoms with Gasteiger partial charge in [0, 0.05) is 29.4 Å². The summed E-state index contributed by atoms with van der Waals surface area (Å²) in [5.41, 5.74) is 6.25. The highest BCUT2D eigenvalue weighted by molar-refractivity contribution is 7.99. The van der Waals surface area contributed by atoms with Gasteiger partial charge in [0.25, 0.3) is 5.78 Å². The molecule has 2 aromatic heterocycles. The lowest BCUT2D eigenvalue weighted by Crippen LogP contribution is -2.24. The van der Waals surface area contributed by atoms with Crippen molar-refractivity contribution in [2.75, 3.05) is 5.75 Å². The lowest BCUT2D eigenvalue weighted by molar-refractivity contribution is -0.118. The second kappa shape index (κ2) is 9.71. The summed E-state index contributed by atoms with van der Waals surface area (Å²) in [5.74, 6) is 0.716. The number of aromatic nitrogens is 4. The maximum absolute atomic E-state index is 12.3. The predicted octanol–water partition coefficient (Wildman–Crippen LogP) is 4.70. The lowest BCUT2D eigenvalue weighted by atomic mass is 10.0. The molecule has 8 heteroatoms. The SMILES string of the molecule is Cc1ccc(CNC(=O)CSc2nc3nc(C)c(Cc4ccccc4Cl)c(C)n3n2)cc1. The number of benzene rings is 2. The van der Waals surface area contributed by atoms with Crippen molar-refractivity contribution in [3.05, 3.63) is 87.2 Å². The van der Waals surface area contributed by atoms with Gasteiger partial charge in [0.15, 0.2) is 0 Å². The molecule has 0 fully saturated rings. The summed E-state index contributed by atoms with van der Waals surface area (Å²) in [6.07, 6.45) is 0.671. The molecule has 0 unspecified atom stereocenters. The second-order valence-electron chi connectivity index (χ2n) is 7.69. The van der Waals surface area contributed by atoms with E-state index in [2.05, 4.69) is 20.4 Å². The van der Waals surface area contributed by atoms with Crippen molar-refractivity contribution in [3.8, 4) is 0 Å². The Hall–Kier alpha value is -2.90. The fourth-order valence-electron chi connectivity index (χ4n) is 3.43. The predicted molar refractivity (Wildman–Crippen MR) is 128 cm³/mol. The Morgan fingerprint density at radius 2 is 1.81 bits per heavy atom. The topological polar surface area (TPSA) is 72.2 Å². The smallest absolute Gasteiger partial charge is 0.253 e. The van der Waals surface area contributed by atoms with Crippen LogP contribution in [0, 0.1) is 20.8 Å². The molecular formula is C24H24ClN5OS. The highest BCUT2D eigenvalue weighted by atomic mass is 35.5. The first-order chi connectivity index (χ1) is 15.4. The van der Waals surface area contributed by atoms with Crippen LogP contribution >= 0.6 is 23.4 Å². The Labute approximate surface area is 196 Å². The summed E-state index contributed by atoms with van der Waals surface area (Å²) in [6.45, 7) is 6.52. The van der Waals surface area contributed by atoms with Gasteiger partial charge in [0.1, 0.15) is 0 Å². The lowest BCUT2D eigenvalue weighted by Gasteiger charge is -2.11. The minimum atomic E-state index is -0.0605. The molecule has 0 bridgehead atoms. The molecule has 0 saturated heterocycles. The molecule has 0 aliphatic heterocycles. The number of fused-ring (bicyclic) bond motifs is 1. The van der Waals surface area contributed by atoms with Gasteiger partial charge in [-0.15, -0.1) is 5.10 Å². The van der Waals surface area contributed by atoms with Crippen LogP contribution in [0.3, 0.4) is 0 Å². The van der Waals surface area contributed by atoms with Gasteiger partial charge in [-0.05, 0) is 43.5 Å². The zero-order valence-electron chi connectivity index (χ0n) is 18.2. The van der Waals surface area contributed by atoms with E-state index in [1.807, 2.05) is 69.3 Å². The van der Waals surface area contributed by atoms with Crippen LogP contribution in [0.2, 0.25) is 5.02 Å². The summed E-state index contributed by atoms with van der Waals surface area (Å²) in [6, 6.07) is 15.9. The maximum Gasteiger partial charge on any atom is 0.253 e. The monoisotopic (exact) mass is 465 g/mol. The molecule has 0 saturated carbocycles. The molecule has 6 nitrogen and oxygen atoms in total. The minimum Gasteiger partial charge on any atom is -0.351 e. The van der Waals surface area contributed by atoms with Gasteiger partial charge in [0.05, 0.1) is 5.75 Å². The van der Waals surface area contributed by atoms with Crippen LogP contribution in [0.5, 0.6) is 0 Å². The second-order valence-corrected chi connectivity index (χ2v) is 9.04. The number of hydrogen-bond acceptors (Lipinski definition) is 5. The molecule has 2 aromatic carbocycles. The zero-order chi connectivity index (χ0) is 22.7. The molecule has 0 atom stereocenters. The van der Waals surface area contributed by atoms with Gasteiger partial charge >= 0.3 is 0 Å². The van der Waals surface area contributed by atoms with Crippen LogP contribution in [-0.2, 0) is 17.8 Å². The van der Waals surface area contributed by atoms with Crippen molar-refractivity contribution < 1.29 is 4.79 Å². The van der Waals surface area contributed by atoms with E-state index >= 15 is 0 Å². The third-order valence-corrected chi connectivity index (χ3v) is 6.50. The van der Waals surface area contributed by atoms with E-state index in [4.69, 9.17) is 11.6 Å². The summed E-state index contributed by atoms with van der Waals surface area (Å²) in [5, 5.41) is 8.77. The summed E-state index contributed by atoms with van der Waals surface area (Å²) < 4.78 is 1.74. The van der Waals surface area contributed by atoms with Crippen molar-refractivity contribution in [1.29, 1.82) is 0 Å². The van der Waals surface area contributed by atoms with E-state index in [1.54, 1.807) is 4.52 Å². The minimum absolute atomic E-state index is 0.0605. The largest absolute Gasteiger partial charge is 0.351 e. The van der Waals surface area contributed by atoms with E-state index in [1.165, 1.54) is 17.3 Å². The van der Waals surface area contributed by atoms with Gasteiger partial charge < -0.3 is 5.32 Å². The molecular weight excluding hydrogens is 442 g/mol. The Morgan fingerprint density at radius 1 is 1.06 bits per heavy atom. The number of nitrogens with zero attached hydrogens (tertiary/aromatic N) is 4. The average Bonchev–Trinajstić information content (AvgIpc) is 3.19. The van der Waals surface area contributed by atoms with E-state index in [0.29, 0.717) is 23.9 Å². The Kier molecular flexibility index (Phi) is 6.77. The van der Waals surface area contributed by atoms with Crippen molar-refractivity contribution in [3.63, 3.8) is 0 Å². The Balaban J connectivity index is 1.44. The molecule has 164 valence electrons. The molecule has 0 spiro atoms. The number of thioether (sulfide) groups is 1. The van der Waals surface area contributed by atoms with E-state index in [0.717, 1.165) is 33.1 Å². The number of halogens is 1. The molecule has 4 rings (SSSR count). The van der Waals surface area contributed by atoms with Crippen molar-refractivity contribution >= 4 is 35.0 Å². The van der Waals surface area contributed by atoms with Crippen LogP contribution in [-0.4, -0.2) is 31.2 Å². The van der Waals surface area contributed by atoms with Gasteiger partial charge in [-0.1, -0.05) is 71.4 Å². The number of hydrogen-bond donors (Lipinski definition) is 1. The molecule has 2 heterocycles. The van der Waals surface area contributed by atoms with Crippen molar-refractivity contribution in [2.45, 2.75) is 38.9 Å². The highest BCUT2D eigenvalue weighted by Crippen LogP contribution is 2.24. The van der Waals surface area contributed by atoms with Gasteiger partial charge in [-0.25, -0.2) is 9.50 Å². The van der Waals surface area contributed by atoms with Gasteiger partial charge in [0.2, 0.25) is 11.1 Å². The number of aryl methyl sites for hydroxylation is 3. The first-order valence-electron chi connectivity index (χ1n) is 10.3. The molecule has 0 radical (unpaired) electrons. The molecule has 1 N–H and O–H groups in total. The zero-order valence-corrected chi connectivity index (χ0v) is 19.8.